The highest BCUT2D eigenvalue weighted by molar-refractivity contribution is 5.98. The molecule has 1 rings (SSSR count). The average Bonchev–Trinajstić information content (AvgIpc) is 2.30. The standard InChI is InChI=1S/C12H20N4O/c1-4-9(5-2)16(3)12-10(11(14)17)6-8(13)7-15-12/h6-7,9H,4-5,13H2,1-3H3,(H2,14,17). The number of anilines is 2. The van der Waals surface area contributed by atoms with Crippen LogP contribution in [0.3, 0.4) is 0 Å². The van der Waals surface area contributed by atoms with Gasteiger partial charge in [0.25, 0.3) is 5.91 Å². The molecule has 17 heavy (non-hydrogen) atoms. The molecule has 0 fully saturated rings. The average molecular weight is 236 g/mol. The van der Waals surface area contributed by atoms with Gasteiger partial charge in [-0.15, -0.1) is 0 Å². The summed E-state index contributed by atoms with van der Waals surface area (Å²) >= 11 is 0. The zero-order chi connectivity index (χ0) is 13.0. The van der Waals surface area contributed by atoms with Gasteiger partial charge in [0, 0.05) is 13.1 Å². The molecule has 0 saturated carbocycles. The molecule has 0 saturated heterocycles. The third kappa shape index (κ3) is 2.87. The number of amides is 1. The summed E-state index contributed by atoms with van der Waals surface area (Å²) in [7, 11) is 1.92. The first-order valence-corrected chi connectivity index (χ1v) is 5.79. The number of primary amides is 1. The van der Waals surface area contributed by atoms with Crippen molar-refractivity contribution in [3.8, 4) is 0 Å². The Morgan fingerprint density at radius 1 is 1.47 bits per heavy atom. The monoisotopic (exact) mass is 236 g/mol. The summed E-state index contributed by atoms with van der Waals surface area (Å²) in [6.07, 6.45) is 3.51. The number of nitrogens with zero attached hydrogens (tertiary/aromatic N) is 2. The van der Waals surface area contributed by atoms with E-state index in [0.29, 0.717) is 23.1 Å². The van der Waals surface area contributed by atoms with Crippen LogP contribution in [0.1, 0.15) is 37.0 Å². The lowest BCUT2D eigenvalue weighted by atomic mass is 10.1. The van der Waals surface area contributed by atoms with Gasteiger partial charge in [0.15, 0.2) is 0 Å². The van der Waals surface area contributed by atoms with E-state index in [1.54, 1.807) is 12.3 Å². The lowest BCUT2D eigenvalue weighted by Gasteiger charge is -2.28. The molecular weight excluding hydrogens is 216 g/mol. The summed E-state index contributed by atoms with van der Waals surface area (Å²) in [5.41, 5.74) is 11.8. The van der Waals surface area contributed by atoms with Crippen LogP contribution in [0.15, 0.2) is 12.3 Å². The van der Waals surface area contributed by atoms with Crippen LogP contribution in [-0.2, 0) is 0 Å². The summed E-state index contributed by atoms with van der Waals surface area (Å²) in [6, 6.07) is 1.91. The molecule has 94 valence electrons. The number of hydrogen-bond donors (Lipinski definition) is 2. The van der Waals surface area contributed by atoms with Crippen molar-refractivity contribution in [1.82, 2.24) is 4.98 Å². The van der Waals surface area contributed by atoms with Gasteiger partial charge in [-0.2, -0.15) is 0 Å². The van der Waals surface area contributed by atoms with Crippen LogP contribution in [0, 0.1) is 0 Å². The van der Waals surface area contributed by atoms with E-state index in [4.69, 9.17) is 11.5 Å². The van der Waals surface area contributed by atoms with Gasteiger partial charge in [-0.25, -0.2) is 4.98 Å². The van der Waals surface area contributed by atoms with Gasteiger partial charge in [0.1, 0.15) is 5.82 Å². The van der Waals surface area contributed by atoms with Gasteiger partial charge in [-0.05, 0) is 18.9 Å². The van der Waals surface area contributed by atoms with E-state index in [1.165, 1.54) is 0 Å². The summed E-state index contributed by atoms with van der Waals surface area (Å²) in [4.78, 5) is 17.6. The van der Waals surface area contributed by atoms with Crippen molar-refractivity contribution in [1.29, 1.82) is 0 Å². The van der Waals surface area contributed by atoms with E-state index in [1.807, 2.05) is 11.9 Å². The Morgan fingerprint density at radius 2 is 2.06 bits per heavy atom. The first-order chi connectivity index (χ1) is 8.01. The first-order valence-electron chi connectivity index (χ1n) is 5.79. The maximum atomic E-state index is 11.4. The van der Waals surface area contributed by atoms with Crippen molar-refractivity contribution < 1.29 is 4.79 Å². The fraction of sp³-hybridized carbons (Fsp3) is 0.500. The van der Waals surface area contributed by atoms with E-state index < -0.39 is 5.91 Å². The predicted molar refractivity (Wildman–Crippen MR) is 69.9 cm³/mol. The van der Waals surface area contributed by atoms with Gasteiger partial charge >= 0.3 is 0 Å². The minimum atomic E-state index is -0.502. The van der Waals surface area contributed by atoms with Crippen LogP contribution < -0.4 is 16.4 Å². The number of nitrogen functional groups attached to an aromatic ring is 1. The Balaban J connectivity index is 3.16. The lowest BCUT2D eigenvalue weighted by molar-refractivity contribution is 0.100. The van der Waals surface area contributed by atoms with E-state index >= 15 is 0 Å². The number of hydrogen-bond acceptors (Lipinski definition) is 4. The molecule has 5 heteroatoms. The highest BCUT2D eigenvalue weighted by Crippen LogP contribution is 2.22. The molecule has 0 aliphatic rings. The molecule has 0 bridgehead atoms. The van der Waals surface area contributed by atoms with Crippen LogP contribution in [-0.4, -0.2) is 24.0 Å². The minimum Gasteiger partial charge on any atom is -0.397 e. The highest BCUT2D eigenvalue weighted by Gasteiger charge is 2.18. The Bertz CT molecular complexity index is 401. The Kier molecular flexibility index (Phi) is 4.31. The number of carbonyl (C=O) groups excluding carboxylic acids is 1. The van der Waals surface area contributed by atoms with E-state index in [9.17, 15) is 4.79 Å². The Hall–Kier alpha value is -1.78. The van der Waals surface area contributed by atoms with Crippen molar-refractivity contribution >= 4 is 17.4 Å². The van der Waals surface area contributed by atoms with Crippen LogP contribution >= 0.6 is 0 Å². The molecule has 0 aliphatic carbocycles. The van der Waals surface area contributed by atoms with E-state index in [2.05, 4.69) is 18.8 Å². The van der Waals surface area contributed by atoms with Crippen molar-refractivity contribution in [2.24, 2.45) is 5.73 Å². The van der Waals surface area contributed by atoms with Gasteiger partial charge in [0.2, 0.25) is 0 Å². The van der Waals surface area contributed by atoms with Crippen LogP contribution in [0.25, 0.3) is 0 Å². The quantitative estimate of drug-likeness (QED) is 0.809. The minimum absolute atomic E-state index is 0.337. The predicted octanol–water partition coefficient (Wildman–Crippen LogP) is 1.39. The fourth-order valence-electron chi connectivity index (χ4n) is 1.95. The molecule has 5 nitrogen and oxygen atoms in total. The molecule has 1 aromatic rings. The summed E-state index contributed by atoms with van der Waals surface area (Å²) in [5.74, 6) is 0.0954. The van der Waals surface area contributed by atoms with Gasteiger partial charge in [-0.3, -0.25) is 4.79 Å². The number of nitrogens with two attached hydrogens (primary N) is 2. The van der Waals surface area contributed by atoms with Gasteiger partial charge < -0.3 is 16.4 Å². The van der Waals surface area contributed by atoms with Crippen molar-refractivity contribution in [2.75, 3.05) is 17.7 Å². The molecule has 1 amide bonds. The Labute approximate surface area is 102 Å². The lowest BCUT2D eigenvalue weighted by Crippen LogP contribution is -2.33. The third-order valence-corrected chi connectivity index (χ3v) is 2.98. The topological polar surface area (TPSA) is 85.2 Å². The SMILES string of the molecule is CCC(CC)N(C)c1ncc(N)cc1C(N)=O. The maximum Gasteiger partial charge on any atom is 0.252 e. The van der Waals surface area contributed by atoms with Crippen molar-refractivity contribution in [3.63, 3.8) is 0 Å². The smallest absolute Gasteiger partial charge is 0.252 e. The molecule has 1 aromatic heterocycles. The summed E-state index contributed by atoms with van der Waals surface area (Å²) in [5, 5.41) is 0. The molecular formula is C12H20N4O. The third-order valence-electron chi connectivity index (χ3n) is 2.98. The number of rotatable bonds is 5. The van der Waals surface area contributed by atoms with Gasteiger partial charge in [0.05, 0.1) is 17.4 Å². The summed E-state index contributed by atoms with van der Waals surface area (Å²) < 4.78 is 0. The van der Waals surface area contributed by atoms with E-state index in [-0.39, 0.29) is 0 Å². The molecule has 0 unspecified atom stereocenters. The molecule has 0 aromatic carbocycles. The van der Waals surface area contributed by atoms with Crippen LogP contribution in [0.2, 0.25) is 0 Å². The fourth-order valence-corrected chi connectivity index (χ4v) is 1.95. The highest BCUT2D eigenvalue weighted by atomic mass is 16.1. The zero-order valence-corrected chi connectivity index (χ0v) is 10.6. The first kappa shape index (κ1) is 13.3. The van der Waals surface area contributed by atoms with Crippen LogP contribution in [0.5, 0.6) is 0 Å². The zero-order valence-electron chi connectivity index (χ0n) is 10.6. The second kappa shape index (κ2) is 5.52. The van der Waals surface area contributed by atoms with Crippen molar-refractivity contribution in [3.05, 3.63) is 17.8 Å². The molecule has 0 atom stereocenters. The van der Waals surface area contributed by atoms with Crippen molar-refractivity contribution in [2.45, 2.75) is 32.7 Å². The molecule has 0 spiro atoms. The second-order valence-corrected chi connectivity index (χ2v) is 4.09. The number of carbonyl (C=O) groups is 1. The Morgan fingerprint density at radius 3 is 2.53 bits per heavy atom. The van der Waals surface area contributed by atoms with E-state index in [0.717, 1.165) is 12.8 Å². The van der Waals surface area contributed by atoms with Crippen LogP contribution in [0.4, 0.5) is 11.5 Å². The van der Waals surface area contributed by atoms with Gasteiger partial charge in [-0.1, -0.05) is 13.8 Å². The molecule has 4 N–H and O–H groups in total. The molecule has 0 radical (unpaired) electrons. The molecule has 1 heterocycles. The maximum absolute atomic E-state index is 11.4. The molecule has 0 aliphatic heterocycles. The number of aromatic nitrogens is 1. The summed E-state index contributed by atoms with van der Waals surface area (Å²) in [6.45, 7) is 4.21. The number of pyridine rings is 1. The second-order valence-electron chi connectivity index (χ2n) is 4.09. The normalized spacial score (nSPS) is 10.6. The largest absolute Gasteiger partial charge is 0.397 e.